The lowest BCUT2D eigenvalue weighted by atomic mass is 10.0. The molecule has 1 aliphatic rings. The molecule has 1 amide bonds. The van der Waals surface area contributed by atoms with Crippen LogP contribution in [0.5, 0.6) is 5.75 Å². The number of ether oxygens (including phenoxy) is 2. The minimum Gasteiger partial charge on any atom is -0.494 e. The molecular formula is C24H20F3N7O4S. The van der Waals surface area contributed by atoms with Gasteiger partial charge in [-0.15, -0.1) is 0 Å². The number of carbonyl (C=O) groups excluding carboxylic acids is 1. The van der Waals surface area contributed by atoms with Crippen LogP contribution in [0.25, 0.3) is 16.9 Å². The van der Waals surface area contributed by atoms with Gasteiger partial charge in [0, 0.05) is 54.3 Å². The number of nitrogens with one attached hydrogen (secondary N) is 1. The van der Waals surface area contributed by atoms with E-state index in [4.69, 9.17) is 9.47 Å². The van der Waals surface area contributed by atoms with Gasteiger partial charge in [0.15, 0.2) is 5.82 Å². The highest BCUT2D eigenvalue weighted by Gasteiger charge is 2.23. The highest BCUT2D eigenvalue weighted by atomic mass is 32.1. The number of halogens is 3. The van der Waals surface area contributed by atoms with E-state index in [9.17, 15) is 22.8 Å². The predicted octanol–water partition coefficient (Wildman–Crippen LogP) is 3.32. The van der Waals surface area contributed by atoms with E-state index in [0.29, 0.717) is 43.6 Å². The van der Waals surface area contributed by atoms with Crippen LogP contribution < -0.4 is 20.5 Å². The Bertz CT molecular complexity index is 1570. The maximum atomic E-state index is 14.4. The zero-order chi connectivity index (χ0) is 27.5. The molecule has 202 valence electrons. The number of amides is 1. The summed E-state index contributed by atoms with van der Waals surface area (Å²) in [6.07, 6.45) is 1.93. The molecule has 1 saturated heterocycles. The van der Waals surface area contributed by atoms with Crippen molar-refractivity contribution in [3.05, 3.63) is 70.3 Å². The first-order valence-corrected chi connectivity index (χ1v) is 12.3. The lowest BCUT2D eigenvalue weighted by Crippen LogP contribution is -2.36. The van der Waals surface area contributed by atoms with Gasteiger partial charge >= 0.3 is 0 Å². The van der Waals surface area contributed by atoms with Crippen molar-refractivity contribution < 1.29 is 27.4 Å². The molecule has 1 fully saturated rings. The van der Waals surface area contributed by atoms with Gasteiger partial charge in [-0.25, -0.2) is 18.2 Å². The average molecular weight is 560 g/mol. The number of morpholine rings is 1. The Morgan fingerprint density at radius 1 is 1.21 bits per heavy atom. The summed E-state index contributed by atoms with van der Waals surface area (Å²) in [6, 6.07) is 3.74. The van der Waals surface area contributed by atoms with Crippen LogP contribution in [-0.4, -0.2) is 63.2 Å². The number of rotatable bonds is 7. The summed E-state index contributed by atoms with van der Waals surface area (Å²) in [5.41, 5.74) is -1.57. The fourth-order valence-electron chi connectivity index (χ4n) is 3.94. The molecule has 39 heavy (non-hydrogen) atoms. The van der Waals surface area contributed by atoms with E-state index in [1.807, 2.05) is 4.90 Å². The Morgan fingerprint density at radius 2 is 2.00 bits per heavy atom. The van der Waals surface area contributed by atoms with Crippen molar-refractivity contribution in [2.75, 3.05) is 43.6 Å². The van der Waals surface area contributed by atoms with Gasteiger partial charge < -0.3 is 14.4 Å². The van der Waals surface area contributed by atoms with Crippen LogP contribution in [0.15, 0.2) is 47.8 Å². The molecule has 0 unspecified atom stereocenters. The standard InChI is InChI=1S/C24H20F3N7O4S/c1-37-17-12-28-4-2-13(17)15-10-18(34-5-3-14(20(26)27)19(25)22(34)36)29-11-16(15)21(35)30-24-31-23(32-39-24)33-6-8-38-9-7-33/h2-5,10-12,20H,6-9H2,1H3,(H,30,31,32,35). The third-order valence-corrected chi connectivity index (χ3v) is 6.52. The normalized spacial score (nSPS) is 13.5. The Morgan fingerprint density at radius 3 is 2.74 bits per heavy atom. The topological polar surface area (TPSA) is 124 Å². The molecule has 4 aromatic heterocycles. The number of methoxy groups -OCH3 is 1. The van der Waals surface area contributed by atoms with Gasteiger partial charge in [-0.2, -0.15) is 9.36 Å². The molecule has 0 atom stereocenters. The van der Waals surface area contributed by atoms with Gasteiger partial charge in [-0.1, -0.05) is 0 Å². The van der Waals surface area contributed by atoms with Crippen molar-refractivity contribution in [1.29, 1.82) is 0 Å². The van der Waals surface area contributed by atoms with Crippen molar-refractivity contribution in [2.24, 2.45) is 0 Å². The van der Waals surface area contributed by atoms with E-state index >= 15 is 0 Å². The smallest absolute Gasteiger partial charge is 0.292 e. The zero-order valence-electron chi connectivity index (χ0n) is 20.3. The summed E-state index contributed by atoms with van der Waals surface area (Å²) in [5.74, 6) is -1.50. The third kappa shape index (κ3) is 5.31. The Kier molecular flexibility index (Phi) is 7.51. The summed E-state index contributed by atoms with van der Waals surface area (Å²) in [5, 5.41) is 2.95. The Labute approximate surface area is 223 Å². The molecule has 0 radical (unpaired) electrons. The molecule has 11 nitrogen and oxygen atoms in total. The largest absolute Gasteiger partial charge is 0.494 e. The zero-order valence-corrected chi connectivity index (χ0v) is 21.1. The van der Waals surface area contributed by atoms with Crippen molar-refractivity contribution >= 4 is 28.5 Å². The summed E-state index contributed by atoms with van der Waals surface area (Å²) < 4.78 is 56.3. The molecular weight excluding hydrogens is 539 g/mol. The van der Waals surface area contributed by atoms with E-state index in [0.717, 1.165) is 28.4 Å². The van der Waals surface area contributed by atoms with Gasteiger partial charge in [0.1, 0.15) is 11.6 Å². The molecule has 0 bridgehead atoms. The van der Waals surface area contributed by atoms with Gasteiger partial charge in [-0.05, 0) is 18.2 Å². The van der Waals surface area contributed by atoms with E-state index < -0.39 is 29.3 Å². The SMILES string of the molecule is COc1cnccc1-c1cc(-n2ccc(C(F)F)c(F)c2=O)ncc1C(=O)Nc1nc(N2CCOCC2)ns1. The van der Waals surface area contributed by atoms with Crippen LogP contribution in [0.4, 0.5) is 24.3 Å². The number of carbonyl (C=O) groups is 1. The molecule has 4 aromatic rings. The monoisotopic (exact) mass is 559 g/mol. The van der Waals surface area contributed by atoms with E-state index in [2.05, 4.69) is 24.6 Å². The van der Waals surface area contributed by atoms with Crippen LogP contribution >= 0.6 is 11.5 Å². The van der Waals surface area contributed by atoms with Crippen LogP contribution in [0.3, 0.4) is 0 Å². The number of aromatic nitrogens is 5. The lowest BCUT2D eigenvalue weighted by molar-refractivity contribution is 0.102. The highest BCUT2D eigenvalue weighted by molar-refractivity contribution is 7.10. The first-order chi connectivity index (χ1) is 18.9. The summed E-state index contributed by atoms with van der Waals surface area (Å²) >= 11 is 1.00. The molecule has 0 aliphatic carbocycles. The van der Waals surface area contributed by atoms with Crippen molar-refractivity contribution in [2.45, 2.75) is 6.43 Å². The van der Waals surface area contributed by atoms with Gasteiger partial charge in [0.25, 0.3) is 17.9 Å². The molecule has 0 spiro atoms. The van der Waals surface area contributed by atoms with E-state index in [1.54, 1.807) is 6.07 Å². The van der Waals surface area contributed by atoms with E-state index in [1.165, 1.54) is 31.8 Å². The fourth-order valence-corrected chi connectivity index (χ4v) is 4.53. The van der Waals surface area contributed by atoms with Gasteiger partial charge in [-0.3, -0.25) is 24.5 Å². The lowest BCUT2D eigenvalue weighted by Gasteiger charge is -2.25. The van der Waals surface area contributed by atoms with Gasteiger partial charge in [0.2, 0.25) is 11.1 Å². The van der Waals surface area contributed by atoms with Crippen molar-refractivity contribution in [1.82, 2.24) is 23.9 Å². The first-order valence-electron chi connectivity index (χ1n) is 11.5. The Balaban J connectivity index is 1.54. The second-order valence-electron chi connectivity index (χ2n) is 8.18. The predicted molar refractivity (Wildman–Crippen MR) is 135 cm³/mol. The second-order valence-corrected chi connectivity index (χ2v) is 8.93. The van der Waals surface area contributed by atoms with Crippen LogP contribution in [-0.2, 0) is 4.74 Å². The maximum Gasteiger partial charge on any atom is 0.292 e. The quantitative estimate of drug-likeness (QED) is 0.363. The van der Waals surface area contributed by atoms with Crippen molar-refractivity contribution in [3.8, 4) is 22.7 Å². The number of nitrogens with zero attached hydrogens (tertiary/aromatic N) is 6. The second kappa shape index (κ2) is 11.2. The van der Waals surface area contributed by atoms with E-state index in [-0.39, 0.29) is 22.1 Å². The molecule has 1 aliphatic heterocycles. The summed E-state index contributed by atoms with van der Waals surface area (Å²) in [6.45, 7) is 2.35. The maximum absolute atomic E-state index is 14.4. The molecule has 0 aromatic carbocycles. The summed E-state index contributed by atoms with van der Waals surface area (Å²) in [7, 11) is 1.42. The Hall–Kier alpha value is -4.37. The molecule has 5 rings (SSSR count). The summed E-state index contributed by atoms with van der Waals surface area (Å²) in [4.78, 5) is 40.4. The van der Waals surface area contributed by atoms with Crippen LogP contribution in [0.2, 0.25) is 0 Å². The minimum atomic E-state index is -3.16. The number of alkyl halides is 2. The van der Waals surface area contributed by atoms with Crippen molar-refractivity contribution in [3.63, 3.8) is 0 Å². The number of pyridine rings is 3. The molecule has 15 heteroatoms. The minimum absolute atomic E-state index is 0.0732. The van der Waals surface area contributed by atoms with Crippen LogP contribution in [0, 0.1) is 5.82 Å². The fraction of sp³-hybridized carbons (Fsp3) is 0.250. The molecule has 0 saturated carbocycles. The third-order valence-electron chi connectivity index (χ3n) is 5.90. The number of hydrogen-bond acceptors (Lipinski definition) is 10. The molecule has 1 N–H and O–H groups in total. The van der Waals surface area contributed by atoms with Crippen LogP contribution in [0.1, 0.15) is 22.3 Å². The molecule has 5 heterocycles. The average Bonchev–Trinajstić information content (AvgIpc) is 3.43. The number of anilines is 2. The number of hydrogen-bond donors (Lipinski definition) is 1. The van der Waals surface area contributed by atoms with Gasteiger partial charge in [0.05, 0.1) is 37.6 Å². The highest BCUT2D eigenvalue weighted by Crippen LogP contribution is 2.33. The first kappa shape index (κ1) is 26.2.